The maximum Gasteiger partial charge on any atom is 0.257 e. The van der Waals surface area contributed by atoms with Crippen molar-refractivity contribution in [3.8, 4) is 0 Å². The maximum absolute atomic E-state index is 11.8. The van der Waals surface area contributed by atoms with Crippen molar-refractivity contribution in [2.24, 2.45) is 5.73 Å². The molecule has 0 aromatic carbocycles. The first-order valence-corrected chi connectivity index (χ1v) is 7.53. The zero-order valence-corrected chi connectivity index (χ0v) is 10.9. The fourth-order valence-electron chi connectivity index (χ4n) is 1.06. The van der Waals surface area contributed by atoms with Crippen LogP contribution in [0, 0.1) is 0 Å². The van der Waals surface area contributed by atoms with Crippen LogP contribution in [0.25, 0.3) is 0 Å². The molecule has 0 aliphatic heterocycles. The third-order valence-electron chi connectivity index (χ3n) is 2.13. The summed E-state index contributed by atoms with van der Waals surface area (Å²) in [5.41, 5.74) is 5.91. The van der Waals surface area contributed by atoms with Crippen molar-refractivity contribution in [2.45, 2.75) is 23.7 Å². The molecule has 1 heterocycles. The molecule has 1 aromatic rings. The van der Waals surface area contributed by atoms with Crippen molar-refractivity contribution in [1.82, 2.24) is 14.9 Å². The summed E-state index contributed by atoms with van der Waals surface area (Å²) >= 11 is 1.60. The molecule has 0 saturated carbocycles. The van der Waals surface area contributed by atoms with Crippen LogP contribution in [0.1, 0.15) is 12.5 Å². The lowest BCUT2D eigenvalue weighted by Gasteiger charge is -2.10. The molecule has 0 amide bonds. The van der Waals surface area contributed by atoms with Crippen molar-refractivity contribution in [3.63, 3.8) is 0 Å². The summed E-state index contributed by atoms with van der Waals surface area (Å²) in [6, 6.07) is 0. The monoisotopic (exact) mass is 264 g/mol. The number of aromatic amines is 1. The Kier molecular flexibility index (Phi) is 4.78. The molecule has 16 heavy (non-hydrogen) atoms. The van der Waals surface area contributed by atoms with Gasteiger partial charge in [-0.15, -0.1) is 0 Å². The molecule has 0 spiro atoms. The van der Waals surface area contributed by atoms with Gasteiger partial charge in [0.15, 0.2) is 5.03 Å². The van der Waals surface area contributed by atoms with Gasteiger partial charge in [-0.3, -0.25) is 5.10 Å². The van der Waals surface area contributed by atoms with Gasteiger partial charge in [0.2, 0.25) is 0 Å². The van der Waals surface area contributed by atoms with Crippen molar-refractivity contribution in [3.05, 3.63) is 11.8 Å². The minimum absolute atomic E-state index is 0.0586. The highest BCUT2D eigenvalue weighted by Crippen LogP contribution is 2.11. The zero-order chi connectivity index (χ0) is 12.2. The van der Waals surface area contributed by atoms with E-state index in [9.17, 15) is 8.42 Å². The van der Waals surface area contributed by atoms with E-state index in [4.69, 9.17) is 5.73 Å². The average Bonchev–Trinajstić information content (AvgIpc) is 2.74. The summed E-state index contributed by atoms with van der Waals surface area (Å²) in [6.45, 7) is 2.47. The minimum atomic E-state index is -3.53. The van der Waals surface area contributed by atoms with Gasteiger partial charge in [0.25, 0.3) is 10.0 Å². The summed E-state index contributed by atoms with van der Waals surface area (Å²) in [4.78, 5) is 0. The van der Waals surface area contributed by atoms with Crippen LogP contribution in [0.15, 0.2) is 11.2 Å². The summed E-state index contributed by atoms with van der Waals surface area (Å²) in [5, 5.41) is 6.41. The van der Waals surface area contributed by atoms with Gasteiger partial charge in [0.1, 0.15) is 0 Å². The Morgan fingerprint density at radius 3 is 2.94 bits per heavy atom. The van der Waals surface area contributed by atoms with Gasteiger partial charge in [-0.1, -0.05) is 6.92 Å². The lowest BCUT2D eigenvalue weighted by Crippen LogP contribution is -2.30. The highest BCUT2D eigenvalue weighted by atomic mass is 32.2. The van der Waals surface area contributed by atoms with Gasteiger partial charge in [-0.05, 0) is 6.26 Å². The number of aromatic nitrogens is 2. The number of rotatable bonds is 6. The standard InChI is InChI=1S/C8H16N4O2S2/c1-6(15-2)4-11-16(13,14)8-7(3-9)5-10-12-8/h5-6,11H,3-4,9H2,1-2H3,(H,10,12). The highest BCUT2D eigenvalue weighted by Gasteiger charge is 2.20. The Bertz CT molecular complexity index is 429. The van der Waals surface area contributed by atoms with Crippen molar-refractivity contribution in [2.75, 3.05) is 12.8 Å². The Morgan fingerprint density at radius 2 is 2.38 bits per heavy atom. The van der Waals surface area contributed by atoms with Crippen LogP contribution >= 0.6 is 11.8 Å². The molecule has 0 radical (unpaired) electrons. The molecule has 1 rings (SSSR count). The molecular weight excluding hydrogens is 248 g/mol. The van der Waals surface area contributed by atoms with E-state index < -0.39 is 10.0 Å². The lowest BCUT2D eigenvalue weighted by molar-refractivity contribution is 0.575. The highest BCUT2D eigenvalue weighted by molar-refractivity contribution is 7.99. The molecule has 0 saturated heterocycles. The summed E-state index contributed by atoms with van der Waals surface area (Å²) in [6.07, 6.45) is 3.35. The molecule has 4 N–H and O–H groups in total. The van der Waals surface area contributed by atoms with E-state index in [1.165, 1.54) is 6.20 Å². The van der Waals surface area contributed by atoms with Crippen LogP contribution in [0.4, 0.5) is 0 Å². The molecule has 1 unspecified atom stereocenters. The molecule has 1 aromatic heterocycles. The van der Waals surface area contributed by atoms with E-state index in [2.05, 4.69) is 14.9 Å². The van der Waals surface area contributed by atoms with Crippen LogP contribution in [0.3, 0.4) is 0 Å². The molecule has 0 aliphatic carbocycles. The molecule has 0 fully saturated rings. The largest absolute Gasteiger partial charge is 0.326 e. The number of nitrogens with two attached hydrogens (primary N) is 1. The number of hydrogen-bond donors (Lipinski definition) is 3. The first kappa shape index (κ1) is 13.5. The summed E-state index contributed by atoms with van der Waals surface area (Å²) < 4.78 is 26.2. The Labute approximate surface area is 99.4 Å². The van der Waals surface area contributed by atoms with E-state index in [-0.39, 0.29) is 16.8 Å². The van der Waals surface area contributed by atoms with E-state index in [0.29, 0.717) is 12.1 Å². The van der Waals surface area contributed by atoms with Gasteiger partial charge in [-0.2, -0.15) is 16.9 Å². The molecule has 0 aliphatic rings. The van der Waals surface area contributed by atoms with Crippen molar-refractivity contribution in [1.29, 1.82) is 0 Å². The topological polar surface area (TPSA) is 101 Å². The fraction of sp³-hybridized carbons (Fsp3) is 0.625. The Hall–Kier alpha value is -0.570. The van der Waals surface area contributed by atoms with Crippen LogP contribution < -0.4 is 10.5 Å². The van der Waals surface area contributed by atoms with Gasteiger partial charge >= 0.3 is 0 Å². The number of thioether (sulfide) groups is 1. The average molecular weight is 264 g/mol. The van der Waals surface area contributed by atoms with Crippen LogP contribution in [0.5, 0.6) is 0 Å². The summed E-state index contributed by atoms with van der Waals surface area (Å²) in [7, 11) is -3.53. The molecule has 92 valence electrons. The smallest absolute Gasteiger partial charge is 0.257 e. The predicted octanol–water partition coefficient (Wildman–Crippen LogP) is -0.102. The van der Waals surface area contributed by atoms with Gasteiger partial charge in [0, 0.05) is 23.9 Å². The van der Waals surface area contributed by atoms with Crippen molar-refractivity contribution < 1.29 is 8.42 Å². The predicted molar refractivity (Wildman–Crippen MR) is 64.6 cm³/mol. The number of H-pyrrole nitrogens is 1. The van der Waals surface area contributed by atoms with Crippen LogP contribution in [-0.4, -0.2) is 36.7 Å². The number of nitrogens with zero attached hydrogens (tertiary/aromatic N) is 1. The zero-order valence-electron chi connectivity index (χ0n) is 9.23. The molecule has 8 heteroatoms. The van der Waals surface area contributed by atoms with E-state index in [0.717, 1.165) is 0 Å². The van der Waals surface area contributed by atoms with Gasteiger partial charge < -0.3 is 5.73 Å². The van der Waals surface area contributed by atoms with Gasteiger partial charge in [0.05, 0.1) is 6.20 Å². The molecule has 0 bridgehead atoms. The lowest BCUT2D eigenvalue weighted by atomic mass is 10.4. The fourth-order valence-corrected chi connectivity index (χ4v) is 2.68. The maximum atomic E-state index is 11.8. The third kappa shape index (κ3) is 3.21. The van der Waals surface area contributed by atoms with E-state index in [1.807, 2.05) is 13.2 Å². The Morgan fingerprint density at radius 1 is 1.69 bits per heavy atom. The second-order valence-electron chi connectivity index (χ2n) is 3.33. The number of sulfonamides is 1. The quantitative estimate of drug-likeness (QED) is 0.666. The van der Waals surface area contributed by atoms with Gasteiger partial charge in [-0.25, -0.2) is 13.1 Å². The summed E-state index contributed by atoms with van der Waals surface area (Å²) in [5.74, 6) is 0. The van der Waals surface area contributed by atoms with E-state index in [1.54, 1.807) is 11.8 Å². The normalized spacial score (nSPS) is 13.9. The Balaban J connectivity index is 2.78. The second-order valence-corrected chi connectivity index (χ2v) is 6.31. The molecule has 6 nitrogen and oxygen atoms in total. The number of nitrogens with one attached hydrogen (secondary N) is 2. The SMILES string of the molecule is CSC(C)CNS(=O)(=O)c1[nH]ncc1CN. The third-order valence-corrected chi connectivity index (χ3v) is 4.54. The molecular formula is C8H16N4O2S2. The van der Waals surface area contributed by atoms with E-state index >= 15 is 0 Å². The molecule has 1 atom stereocenters. The van der Waals surface area contributed by atoms with Crippen LogP contribution in [0.2, 0.25) is 0 Å². The van der Waals surface area contributed by atoms with Crippen molar-refractivity contribution >= 4 is 21.8 Å². The minimum Gasteiger partial charge on any atom is -0.326 e. The number of hydrogen-bond acceptors (Lipinski definition) is 5. The first-order chi connectivity index (χ1) is 7.51. The second kappa shape index (κ2) is 5.67. The van der Waals surface area contributed by atoms with Crippen LogP contribution in [-0.2, 0) is 16.6 Å². The first-order valence-electron chi connectivity index (χ1n) is 4.76.